The van der Waals surface area contributed by atoms with E-state index in [4.69, 9.17) is 0 Å². The summed E-state index contributed by atoms with van der Waals surface area (Å²) in [4.78, 5) is 24.6. The molecule has 1 aliphatic heterocycles. The third kappa shape index (κ3) is 2.51. The lowest BCUT2D eigenvalue weighted by Crippen LogP contribution is -2.35. The number of nitrogens with one attached hydrogen (secondary N) is 1. The Morgan fingerprint density at radius 2 is 1.68 bits per heavy atom. The van der Waals surface area contributed by atoms with Gasteiger partial charge in [-0.2, -0.15) is 0 Å². The van der Waals surface area contributed by atoms with E-state index in [2.05, 4.69) is 5.43 Å². The van der Waals surface area contributed by atoms with Crippen LogP contribution in [-0.4, -0.2) is 11.8 Å². The molecule has 0 radical (unpaired) electrons. The Balaban J connectivity index is 1.94. The Kier molecular flexibility index (Phi) is 3.51. The van der Waals surface area contributed by atoms with E-state index in [0.717, 1.165) is 16.7 Å². The van der Waals surface area contributed by atoms with Gasteiger partial charge in [0, 0.05) is 0 Å². The topological polar surface area (TPSA) is 49.4 Å². The molecule has 2 aromatic carbocycles. The van der Waals surface area contributed by atoms with Crippen LogP contribution in [0.5, 0.6) is 0 Å². The van der Waals surface area contributed by atoms with Crippen LogP contribution in [0.15, 0.2) is 54.1 Å². The second-order valence-corrected chi connectivity index (χ2v) is 5.32. The molecule has 110 valence electrons. The van der Waals surface area contributed by atoms with Crippen LogP contribution in [-0.2, 0) is 9.59 Å². The molecule has 0 aliphatic carbocycles. The van der Waals surface area contributed by atoms with Gasteiger partial charge in [0.15, 0.2) is 0 Å². The summed E-state index contributed by atoms with van der Waals surface area (Å²) in [5.74, 6) is -0.718. The molecule has 2 amide bonds. The number of hydrogen-bond donors (Lipinski definition) is 1. The number of carbonyl (C=O) groups is 2. The van der Waals surface area contributed by atoms with Crippen LogP contribution in [0.2, 0.25) is 0 Å². The van der Waals surface area contributed by atoms with E-state index in [1.807, 2.05) is 62.4 Å². The Morgan fingerprint density at radius 3 is 2.36 bits per heavy atom. The lowest BCUT2D eigenvalue weighted by molar-refractivity contribution is -0.117. The summed E-state index contributed by atoms with van der Waals surface area (Å²) in [6.07, 6.45) is 1.61. The van der Waals surface area contributed by atoms with Gasteiger partial charge >= 0.3 is 0 Å². The maximum Gasteiger partial charge on any atom is 0.282 e. The Labute approximate surface area is 129 Å². The van der Waals surface area contributed by atoms with E-state index in [0.29, 0.717) is 5.69 Å². The van der Waals surface area contributed by atoms with E-state index in [1.54, 1.807) is 6.08 Å². The molecule has 0 spiro atoms. The zero-order valence-corrected chi connectivity index (χ0v) is 12.5. The van der Waals surface area contributed by atoms with E-state index in [1.165, 1.54) is 5.01 Å². The van der Waals surface area contributed by atoms with Crippen molar-refractivity contribution in [3.63, 3.8) is 0 Å². The first-order valence-corrected chi connectivity index (χ1v) is 7.06. The summed E-state index contributed by atoms with van der Waals surface area (Å²) in [6, 6.07) is 15.0. The molecule has 0 bridgehead atoms. The molecular weight excluding hydrogens is 276 g/mol. The van der Waals surface area contributed by atoms with E-state index in [9.17, 15) is 9.59 Å². The zero-order valence-electron chi connectivity index (χ0n) is 12.5. The van der Waals surface area contributed by atoms with Gasteiger partial charge in [-0.1, -0.05) is 36.4 Å². The minimum Gasteiger partial charge on any atom is -0.267 e. The highest BCUT2D eigenvalue weighted by atomic mass is 16.2. The fraction of sp³-hybridized carbons (Fsp3) is 0.111. The number of rotatable bonds is 2. The second-order valence-electron chi connectivity index (χ2n) is 5.32. The first-order chi connectivity index (χ1) is 10.6. The monoisotopic (exact) mass is 292 g/mol. The Morgan fingerprint density at radius 1 is 0.955 bits per heavy atom. The molecule has 3 rings (SSSR count). The SMILES string of the molecule is Cc1ccc(N2NC(=O)/C(=C\c3ccccc3)C2=O)cc1C. The van der Waals surface area contributed by atoms with Crippen molar-refractivity contribution in [2.45, 2.75) is 13.8 Å². The van der Waals surface area contributed by atoms with Crippen molar-refractivity contribution in [3.05, 3.63) is 70.8 Å². The van der Waals surface area contributed by atoms with Crippen LogP contribution in [0.3, 0.4) is 0 Å². The number of nitrogens with zero attached hydrogens (tertiary/aromatic N) is 1. The normalized spacial score (nSPS) is 16.3. The van der Waals surface area contributed by atoms with Crippen molar-refractivity contribution in [2.75, 3.05) is 5.01 Å². The van der Waals surface area contributed by atoms with Gasteiger partial charge in [0.2, 0.25) is 0 Å². The number of anilines is 1. The van der Waals surface area contributed by atoms with Gasteiger partial charge < -0.3 is 0 Å². The van der Waals surface area contributed by atoms with Gasteiger partial charge in [-0.3, -0.25) is 15.0 Å². The number of benzene rings is 2. The highest BCUT2D eigenvalue weighted by molar-refractivity contribution is 6.31. The van der Waals surface area contributed by atoms with Crippen molar-refractivity contribution in [1.82, 2.24) is 5.43 Å². The lowest BCUT2D eigenvalue weighted by atomic mass is 10.1. The minimum absolute atomic E-state index is 0.143. The number of aryl methyl sites for hydroxylation is 2. The quantitative estimate of drug-likeness (QED) is 0.683. The molecule has 1 heterocycles. The molecule has 1 N–H and O–H groups in total. The van der Waals surface area contributed by atoms with Crippen LogP contribution in [0.1, 0.15) is 16.7 Å². The molecule has 22 heavy (non-hydrogen) atoms. The van der Waals surface area contributed by atoms with Crippen LogP contribution in [0, 0.1) is 13.8 Å². The number of carbonyl (C=O) groups excluding carboxylic acids is 2. The summed E-state index contributed by atoms with van der Waals surface area (Å²) < 4.78 is 0. The van der Waals surface area contributed by atoms with E-state index >= 15 is 0 Å². The van der Waals surface area contributed by atoms with E-state index in [-0.39, 0.29) is 17.4 Å². The highest BCUT2D eigenvalue weighted by Gasteiger charge is 2.34. The Hall–Kier alpha value is -2.88. The molecule has 4 heteroatoms. The molecule has 0 saturated carbocycles. The highest BCUT2D eigenvalue weighted by Crippen LogP contribution is 2.23. The van der Waals surface area contributed by atoms with Crippen molar-refractivity contribution in [2.24, 2.45) is 0 Å². The van der Waals surface area contributed by atoms with Gasteiger partial charge in [-0.05, 0) is 48.7 Å². The standard InChI is InChI=1S/C18H16N2O2/c1-12-8-9-15(10-13(12)2)20-18(22)16(17(21)19-20)11-14-6-4-3-5-7-14/h3-11H,1-2H3,(H,19,21)/b16-11+. The van der Waals surface area contributed by atoms with Crippen molar-refractivity contribution in [3.8, 4) is 0 Å². The third-order valence-corrected chi connectivity index (χ3v) is 3.75. The zero-order chi connectivity index (χ0) is 15.7. The number of amides is 2. The van der Waals surface area contributed by atoms with Gasteiger partial charge in [0.1, 0.15) is 5.57 Å². The molecule has 0 unspecified atom stereocenters. The third-order valence-electron chi connectivity index (χ3n) is 3.75. The predicted octanol–water partition coefficient (Wildman–Crippen LogP) is 2.76. The van der Waals surface area contributed by atoms with E-state index < -0.39 is 0 Å². The molecule has 2 aromatic rings. The van der Waals surface area contributed by atoms with Crippen LogP contribution >= 0.6 is 0 Å². The molecule has 1 aliphatic rings. The minimum atomic E-state index is -0.382. The second kappa shape index (κ2) is 5.48. The average Bonchev–Trinajstić information content (AvgIpc) is 2.79. The van der Waals surface area contributed by atoms with Crippen LogP contribution in [0.25, 0.3) is 6.08 Å². The van der Waals surface area contributed by atoms with Gasteiger partial charge in [-0.15, -0.1) is 0 Å². The molecule has 1 fully saturated rings. The molecule has 4 nitrogen and oxygen atoms in total. The Bertz CT molecular complexity index is 779. The van der Waals surface area contributed by atoms with Crippen molar-refractivity contribution >= 4 is 23.6 Å². The van der Waals surface area contributed by atoms with Gasteiger partial charge in [-0.25, -0.2) is 5.01 Å². The molecule has 0 aromatic heterocycles. The van der Waals surface area contributed by atoms with Crippen LogP contribution in [0.4, 0.5) is 5.69 Å². The van der Waals surface area contributed by atoms with Gasteiger partial charge in [0.05, 0.1) is 5.69 Å². The first kappa shape index (κ1) is 14.1. The number of hydrogen-bond acceptors (Lipinski definition) is 2. The number of hydrazine groups is 1. The molecule has 1 saturated heterocycles. The van der Waals surface area contributed by atoms with Crippen LogP contribution < -0.4 is 10.4 Å². The predicted molar refractivity (Wildman–Crippen MR) is 86.0 cm³/mol. The summed E-state index contributed by atoms with van der Waals surface area (Å²) in [7, 11) is 0. The smallest absolute Gasteiger partial charge is 0.267 e. The molecule has 0 atom stereocenters. The molecular formula is C18H16N2O2. The van der Waals surface area contributed by atoms with Crippen molar-refractivity contribution < 1.29 is 9.59 Å². The summed E-state index contributed by atoms with van der Waals surface area (Å²) in [5, 5.41) is 1.30. The summed E-state index contributed by atoms with van der Waals surface area (Å²) in [5.41, 5.74) is 6.45. The summed E-state index contributed by atoms with van der Waals surface area (Å²) in [6.45, 7) is 3.98. The summed E-state index contributed by atoms with van der Waals surface area (Å²) >= 11 is 0. The largest absolute Gasteiger partial charge is 0.282 e. The maximum atomic E-state index is 12.5. The average molecular weight is 292 g/mol. The van der Waals surface area contributed by atoms with Gasteiger partial charge in [0.25, 0.3) is 11.8 Å². The first-order valence-electron chi connectivity index (χ1n) is 7.06. The fourth-order valence-electron chi connectivity index (χ4n) is 2.32. The maximum absolute atomic E-state index is 12.5. The fourth-order valence-corrected chi connectivity index (χ4v) is 2.32. The lowest BCUT2D eigenvalue weighted by Gasteiger charge is -2.15. The van der Waals surface area contributed by atoms with Crippen molar-refractivity contribution in [1.29, 1.82) is 0 Å².